The molecule has 0 atom stereocenters. The molecule has 0 heterocycles. The normalized spacial score (nSPS) is 11.9. The number of hydrogen-bond acceptors (Lipinski definition) is 0. The average Bonchev–Trinajstić information content (AvgIpc) is 1.90. The molecule has 0 nitrogen and oxygen atoms in total. The van der Waals surface area contributed by atoms with E-state index in [4.69, 9.17) is 0 Å². The lowest BCUT2D eigenvalue weighted by Crippen LogP contribution is -1.69. The van der Waals surface area contributed by atoms with Crippen LogP contribution in [0.2, 0.25) is 0 Å². The first-order valence-corrected chi connectivity index (χ1v) is 5.14. The smallest absolute Gasteiger partial charge is 0.00781 e. The third kappa shape index (κ3) is 4.52. The maximum absolute atomic E-state index is 3.71. The van der Waals surface area contributed by atoms with Gasteiger partial charge >= 0.3 is 0 Å². The minimum absolute atomic E-state index is 0.0401. The molecule has 0 aromatic rings. The highest BCUT2D eigenvalue weighted by Crippen LogP contribution is 2.38. The largest absolute Gasteiger partial charge is 0.103 e. The van der Waals surface area contributed by atoms with E-state index in [2.05, 4.69) is 44.2 Å². The molecule has 0 radical (unpaired) electrons. The second-order valence-corrected chi connectivity index (χ2v) is 3.94. The molecule has 0 aromatic heterocycles. The second kappa shape index (κ2) is 6.77. The lowest BCUT2D eigenvalue weighted by molar-refractivity contribution is 1.72. The monoisotopic (exact) mass is 154 g/mol. The van der Waals surface area contributed by atoms with Crippen LogP contribution in [0.4, 0.5) is 0 Å². The zero-order chi connectivity index (χ0) is 7.82. The highest BCUT2D eigenvalue weighted by molar-refractivity contribution is 7.64. The number of rotatable bonds is 4. The van der Waals surface area contributed by atoms with Crippen molar-refractivity contribution in [2.24, 2.45) is 0 Å². The fraction of sp³-hybridized carbons (Fsp3) is 0.333. The summed E-state index contributed by atoms with van der Waals surface area (Å²) in [6, 6.07) is 0. The van der Waals surface area contributed by atoms with Crippen LogP contribution < -0.4 is 0 Å². The van der Waals surface area contributed by atoms with Gasteiger partial charge in [0.15, 0.2) is 0 Å². The first kappa shape index (κ1) is 9.65. The summed E-state index contributed by atoms with van der Waals surface area (Å²) in [7, 11) is -0.0401. The molecule has 0 spiro atoms. The molecule has 0 N–H and O–H groups in total. The predicted molar refractivity (Wildman–Crippen MR) is 51.6 cm³/mol. The van der Waals surface area contributed by atoms with Crippen molar-refractivity contribution in [3.63, 3.8) is 0 Å². The lowest BCUT2D eigenvalue weighted by atomic mass is 10.8. The Balaban J connectivity index is 3.83. The highest BCUT2D eigenvalue weighted by Gasteiger charge is 1.91. The van der Waals surface area contributed by atoms with Crippen molar-refractivity contribution in [3.8, 4) is 0 Å². The maximum atomic E-state index is 3.71. The van der Waals surface area contributed by atoms with Gasteiger partial charge in [-0.3, -0.25) is 0 Å². The lowest BCUT2D eigenvalue weighted by Gasteiger charge is -2.01. The van der Waals surface area contributed by atoms with E-state index in [0.717, 1.165) is 6.16 Å². The second-order valence-electron chi connectivity index (χ2n) is 1.95. The Morgan fingerprint density at radius 3 is 2.00 bits per heavy atom. The third-order valence-corrected chi connectivity index (χ3v) is 3.06. The van der Waals surface area contributed by atoms with E-state index in [0.29, 0.717) is 0 Å². The van der Waals surface area contributed by atoms with Gasteiger partial charge in [-0.05, 0) is 20.0 Å². The molecule has 10 heavy (non-hydrogen) atoms. The fourth-order valence-corrected chi connectivity index (χ4v) is 2.11. The van der Waals surface area contributed by atoms with Crippen LogP contribution in [0.3, 0.4) is 0 Å². The zero-order valence-corrected chi connectivity index (χ0v) is 7.64. The van der Waals surface area contributed by atoms with Crippen LogP contribution in [-0.2, 0) is 0 Å². The first-order chi connectivity index (χ1) is 4.85. The molecular weight excluding hydrogens is 139 g/mol. The van der Waals surface area contributed by atoms with E-state index in [-0.39, 0.29) is 7.92 Å². The Hall–Kier alpha value is -0.350. The number of allylic oxidation sites excluding steroid dienone is 3. The minimum Gasteiger partial charge on any atom is -0.103 e. The molecule has 1 heteroatoms. The summed E-state index contributed by atoms with van der Waals surface area (Å²) in [5.74, 6) is 4.49. The van der Waals surface area contributed by atoms with Crippen LogP contribution in [0, 0.1) is 0 Å². The van der Waals surface area contributed by atoms with Crippen molar-refractivity contribution in [2.45, 2.75) is 13.8 Å². The molecule has 0 rings (SSSR count). The maximum Gasteiger partial charge on any atom is -0.00781 e. The molecule has 0 saturated carbocycles. The Kier molecular flexibility index (Phi) is 6.53. The zero-order valence-electron chi connectivity index (χ0n) is 6.75. The molecular formula is C9H15P. The fourth-order valence-electron chi connectivity index (χ4n) is 0.703. The summed E-state index contributed by atoms with van der Waals surface area (Å²) in [4.78, 5) is 0. The van der Waals surface area contributed by atoms with Crippen molar-refractivity contribution >= 4 is 7.92 Å². The van der Waals surface area contributed by atoms with E-state index in [1.807, 2.05) is 6.08 Å². The Morgan fingerprint density at radius 2 is 1.70 bits per heavy atom. The topological polar surface area (TPSA) is 0 Å². The molecule has 0 aromatic carbocycles. The summed E-state index contributed by atoms with van der Waals surface area (Å²) in [6.45, 7) is 7.83. The minimum atomic E-state index is -0.0401. The van der Waals surface area contributed by atoms with Crippen LogP contribution in [-0.4, -0.2) is 6.16 Å². The van der Waals surface area contributed by atoms with Gasteiger partial charge in [-0.15, -0.1) is 6.58 Å². The van der Waals surface area contributed by atoms with Gasteiger partial charge in [0, 0.05) is 0 Å². The summed E-state index contributed by atoms with van der Waals surface area (Å²) < 4.78 is 0. The molecule has 0 bridgehead atoms. The molecule has 0 amide bonds. The average molecular weight is 154 g/mol. The van der Waals surface area contributed by atoms with Gasteiger partial charge in [0.05, 0.1) is 0 Å². The molecule has 0 aliphatic rings. The molecule has 0 aliphatic carbocycles. The van der Waals surface area contributed by atoms with Crippen LogP contribution in [0.1, 0.15) is 13.8 Å². The summed E-state index contributed by atoms with van der Waals surface area (Å²) >= 11 is 0. The van der Waals surface area contributed by atoms with Gasteiger partial charge in [0.2, 0.25) is 0 Å². The Bertz CT molecular complexity index is 122. The predicted octanol–water partition coefficient (Wildman–Crippen LogP) is 3.72. The Labute approximate surface area is 65.1 Å². The van der Waals surface area contributed by atoms with Crippen molar-refractivity contribution in [1.82, 2.24) is 0 Å². The standard InChI is InChI=1S/C9H15P/c1-4-7-10(8-5-2)9-6-3/h4-6,8-9H,1,7H2,2-3H3/b8-5+,9-6+. The van der Waals surface area contributed by atoms with Gasteiger partial charge < -0.3 is 0 Å². The van der Waals surface area contributed by atoms with Gasteiger partial charge in [-0.2, -0.15) is 0 Å². The summed E-state index contributed by atoms with van der Waals surface area (Å²) in [6.07, 6.45) is 7.29. The quantitative estimate of drug-likeness (QED) is 0.427. The molecule has 0 aliphatic heterocycles. The van der Waals surface area contributed by atoms with E-state index >= 15 is 0 Å². The van der Waals surface area contributed by atoms with Crippen LogP contribution in [0.15, 0.2) is 36.4 Å². The van der Waals surface area contributed by atoms with Crippen molar-refractivity contribution in [3.05, 3.63) is 36.4 Å². The van der Waals surface area contributed by atoms with Crippen molar-refractivity contribution in [1.29, 1.82) is 0 Å². The molecule has 0 unspecified atom stereocenters. The van der Waals surface area contributed by atoms with E-state index < -0.39 is 0 Å². The third-order valence-electron chi connectivity index (χ3n) is 1.02. The van der Waals surface area contributed by atoms with Gasteiger partial charge in [0.1, 0.15) is 0 Å². The van der Waals surface area contributed by atoms with Gasteiger partial charge in [-0.25, -0.2) is 0 Å². The molecule has 0 fully saturated rings. The van der Waals surface area contributed by atoms with Crippen molar-refractivity contribution in [2.75, 3.05) is 6.16 Å². The van der Waals surface area contributed by atoms with Crippen LogP contribution in [0.25, 0.3) is 0 Å². The van der Waals surface area contributed by atoms with Crippen LogP contribution >= 0.6 is 7.92 Å². The number of hydrogen-bond donors (Lipinski definition) is 0. The van der Waals surface area contributed by atoms with Gasteiger partial charge in [-0.1, -0.05) is 37.8 Å². The van der Waals surface area contributed by atoms with Gasteiger partial charge in [0.25, 0.3) is 0 Å². The van der Waals surface area contributed by atoms with Crippen molar-refractivity contribution < 1.29 is 0 Å². The first-order valence-electron chi connectivity index (χ1n) is 3.47. The highest BCUT2D eigenvalue weighted by atomic mass is 31.1. The van der Waals surface area contributed by atoms with E-state index in [9.17, 15) is 0 Å². The summed E-state index contributed by atoms with van der Waals surface area (Å²) in [5.41, 5.74) is 0. The van der Waals surface area contributed by atoms with E-state index in [1.165, 1.54) is 0 Å². The molecule has 0 saturated heterocycles. The summed E-state index contributed by atoms with van der Waals surface area (Å²) in [5, 5.41) is 0. The molecule has 56 valence electrons. The SMILES string of the molecule is C=CCP(/C=C/C)/C=C/C. The van der Waals surface area contributed by atoms with E-state index in [1.54, 1.807) is 0 Å². The van der Waals surface area contributed by atoms with Crippen LogP contribution in [0.5, 0.6) is 0 Å². The Morgan fingerprint density at radius 1 is 1.20 bits per heavy atom.